The molecule has 2 aromatic rings. The molecular weight excluding hydrogens is 362 g/mol. The fraction of sp³-hybridized carbons (Fsp3) is 0.565. The lowest BCUT2D eigenvalue weighted by atomic mass is 9.97. The van der Waals surface area contributed by atoms with Crippen molar-refractivity contribution in [3.63, 3.8) is 0 Å². The molecule has 0 atom stereocenters. The van der Waals surface area contributed by atoms with Gasteiger partial charge in [0.25, 0.3) is 0 Å². The van der Waals surface area contributed by atoms with Gasteiger partial charge in [0.2, 0.25) is 0 Å². The third-order valence-corrected chi connectivity index (χ3v) is 6.01. The summed E-state index contributed by atoms with van der Waals surface area (Å²) in [7, 11) is 0. The number of nitrogens with zero attached hydrogens (tertiary/aromatic N) is 4. The Kier molecular flexibility index (Phi) is 6.19. The summed E-state index contributed by atoms with van der Waals surface area (Å²) in [4.78, 5) is 9.91. The normalized spacial score (nSPS) is 19.4. The zero-order valence-electron chi connectivity index (χ0n) is 17.7. The molecule has 6 heteroatoms. The van der Waals surface area contributed by atoms with Gasteiger partial charge in [-0.3, -0.25) is 9.89 Å². The molecule has 0 bridgehead atoms. The zero-order valence-corrected chi connectivity index (χ0v) is 17.7. The van der Waals surface area contributed by atoms with Gasteiger partial charge in [-0.2, -0.15) is 0 Å². The van der Waals surface area contributed by atoms with Crippen LogP contribution in [0.25, 0.3) is 0 Å². The SMILES string of the molecule is CCNC(=NCC1(Cc2ccccc2)CC1)N1CCN(Cc2cc(C)on2)CC1. The van der Waals surface area contributed by atoms with Gasteiger partial charge in [-0.15, -0.1) is 0 Å². The second-order valence-electron chi connectivity index (χ2n) is 8.52. The zero-order chi connectivity index (χ0) is 20.1. The van der Waals surface area contributed by atoms with Crippen LogP contribution in [0.2, 0.25) is 0 Å². The second kappa shape index (κ2) is 8.99. The van der Waals surface area contributed by atoms with Crippen molar-refractivity contribution in [3.8, 4) is 0 Å². The number of piperazine rings is 1. The van der Waals surface area contributed by atoms with Crippen LogP contribution in [0, 0.1) is 12.3 Å². The summed E-state index contributed by atoms with van der Waals surface area (Å²) >= 11 is 0. The molecule has 1 aromatic carbocycles. The third kappa shape index (κ3) is 5.38. The Morgan fingerprint density at radius 1 is 1.17 bits per heavy atom. The number of rotatable bonds is 7. The quantitative estimate of drug-likeness (QED) is 0.577. The Morgan fingerprint density at radius 2 is 1.93 bits per heavy atom. The van der Waals surface area contributed by atoms with Crippen LogP contribution >= 0.6 is 0 Å². The van der Waals surface area contributed by atoms with Gasteiger partial charge in [0.15, 0.2) is 5.96 Å². The second-order valence-corrected chi connectivity index (χ2v) is 8.52. The molecular formula is C23H33N5O. The minimum Gasteiger partial charge on any atom is -0.361 e. The Morgan fingerprint density at radius 3 is 2.55 bits per heavy atom. The van der Waals surface area contributed by atoms with Crippen LogP contribution in [0.3, 0.4) is 0 Å². The summed E-state index contributed by atoms with van der Waals surface area (Å²) in [6.45, 7) is 10.8. The molecule has 1 saturated carbocycles. The van der Waals surface area contributed by atoms with Gasteiger partial charge in [0.1, 0.15) is 5.76 Å². The van der Waals surface area contributed by atoms with Crippen molar-refractivity contribution >= 4 is 5.96 Å². The molecule has 156 valence electrons. The number of hydrogen-bond donors (Lipinski definition) is 1. The van der Waals surface area contributed by atoms with E-state index in [2.05, 4.69) is 57.5 Å². The van der Waals surface area contributed by atoms with Gasteiger partial charge in [-0.25, -0.2) is 0 Å². The van der Waals surface area contributed by atoms with Gasteiger partial charge >= 0.3 is 0 Å². The average Bonchev–Trinajstić information content (AvgIpc) is 3.38. The van der Waals surface area contributed by atoms with E-state index in [-0.39, 0.29) is 0 Å². The molecule has 2 fully saturated rings. The first-order valence-corrected chi connectivity index (χ1v) is 10.9. The third-order valence-electron chi connectivity index (χ3n) is 6.01. The molecule has 0 amide bonds. The van der Waals surface area contributed by atoms with Crippen LogP contribution in [0.5, 0.6) is 0 Å². The maximum atomic E-state index is 5.19. The average molecular weight is 396 g/mol. The monoisotopic (exact) mass is 395 g/mol. The van der Waals surface area contributed by atoms with E-state index in [0.717, 1.165) is 69.6 Å². The molecule has 6 nitrogen and oxygen atoms in total. The highest BCUT2D eigenvalue weighted by atomic mass is 16.5. The molecule has 2 heterocycles. The minimum atomic E-state index is 0.370. The lowest BCUT2D eigenvalue weighted by Crippen LogP contribution is -2.52. The molecule has 1 aliphatic heterocycles. The summed E-state index contributed by atoms with van der Waals surface area (Å²) in [5, 5.41) is 7.64. The Labute approximate surface area is 174 Å². The maximum absolute atomic E-state index is 5.19. The van der Waals surface area contributed by atoms with Crippen molar-refractivity contribution in [1.29, 1.82) is 0 Å². The molecule has 2 aliphatic rings. The van der Waals surface area contributed by atoms with E-state index in [4.69, 9.17) is 9.52 Å². The highest BCUT2D eigenvalue weighted by Gasteiger charge is 2.42. The predicted molar refractivity (Wildman–Crippen MR) is 116 cm³/mol. The first kappa shape index (κ1) is 20.0. The smallest absolute Gasteiger partial charge is 0.194 e. The van der Waals surface area contributed by atoms with E-state index in [1.165, 1.54) is 18.4 Å². The first-order chi connectivity index (χ1) is 14.2. The molecule has 1 aliphatic carbocycles. The van der Waals surface area contributed by atoms with E-state index in [0.29, 0.717) is 5.41 Å². The molecule has 1 aromatic heterocycles. The largest absolute Gasteiger partial charge is 0.361 e. The standard InChI is InChI=1S/C23H33N5O/c1-3-24-22(25-18-23(9-10-23)16-20-7-5-4-6-8-20)28-13-11-27(12-14-28)17-21-15-19(2)29-26-21/h4-8,15H,3,9-14,16-18H2,1-2H3,(H,24,25). The van der Waals surface area contributed by atoms with Gasteiger partial charge in [-0.05, 0) is 44.1 Å². The van der Waals surface area contributed by atoms with Gasteiger partial charge in [0.05, 0.1) is 5.69 Å². The maximum Gasteiger partial charge on any atom is 0.194 e. The number of guanidine groups is 1. The molecule has 1 saturated heterocycles. The Hall–Kier alpha value is -2.34. The van der Waals surface area contributed by atoms with Crippen molar-refractivity contribution in [2.45, 2.75) is 39.7 Å². The summed E-state index contributed by atoms with van der Waals surface area (Å²) < 4.78 is 5.19. The van der Waals surface area contributed by atoms with Crippen molar-refractivity contribution in [2.75, 3.05) is 39.3 Å². The van der Waals surface area contributed by atoms with Crippen LogP contribution in [-0.2, 0) is 13.0 Å². The van der Waals surface area contributed by atoms with Crippen LogP contribution < -0.4 is 5.32 Å². The number of aromatic nitrogens is 1. The predicted octanol–water partition coefficient (Wildman–Crippen LogP) is 3.09. The molecule has 4 rings (SSSR count). The van der Waals surface area contributed by atoms with Crippen LogP contribution in [0.15, 0.2) is 45.9 Å². The topological polar surface area (TPSA) is 56.9 Å². The van der Waals surface area contributed by atoms with Crippen LogP contribution in [0.1, 0.15) is 36.8 Å². The molecule has 0 unspecified atom stereocenters. The Balaban J connectivity index is 1.32. The number of hydrogen-bond acceptors (Lipinski definition) is 4. The highest BCUT2D eigenvalue weighted by Crippen LogP contribution is 2.48. The van der Waals surface area contributed by atoms with Crippen LogP contribution in [0.4, 0.5) is 0 Å². The summed E-state index contributed by atoms with van der Waals surface area (Å²) in [6, 6.07) is 12.9. The summed E-state index contributed by atoms with van der Waals surface area (Å²) in [6.07, 6.45) is 3.72. The van der Waals surface area contributed by atoms with Crippen LogP contribution in [-0.4, -0.2) is 60.2 Å². The number of aliphatic imine (C=N–C) groups is 1. The van der Waals surface area contributed by atoms with Crippen molar-refractivity contribution < 1.29 is 4.52 Å². The molecule has 1 N–H and O–H groups in total. The Bertz CT molecular complexity index is 804. The number of aryl methyl sites for hydroxylation is 1. The fourth-order valence-corrected chi connectivity index (χ4v) is 4.10. The van der Waals surface area contributed by atoms with E-state index < -0.39 is 0 Å². The first-order valence-electron chi connectivity index (χ1n) is 10.9. The fourth-order valence-electron chi connectivity index (χ4n) is 4.10. The number of nitrogens with one attached hydrogen (secondary N) is 1. The van der Waals surface area contributed by atoms with Gasteiger partial charge < -0.3 is 14.7 Å². The molecule has 0 spiro atoms. The molecule has 29 heavy (non-hydrogen) atoms. The van der Waals surface area contributed by atoms with Crippen molar-refractivity contribution in [1.82, 2.24) is 20.3 Å². The van der Waals surface area contributed by atoms with Gasteiger partial charge in [0, 0.05) is 51.9 Å². The highest BCUT2D eigenvalue weighted by molar-refractivity contribution is 5.80. The van der Waals surface area contributed by atoms with Crippen molar-refractivity contribution in [3.05, 3.63) is 53.4 Å². The van der Waals surface area contributed by atoms with E-state index in [9.17, 15) is 0 Å². The van der Waals surface area contributed by atoms with Crippen molar-refractivity contribution in [2.24, 2.45) is 10.4 Å². The summed E-state index contributed by atoms with van der Waals surface area (Å²) in [5.74, 6) is 1.95. The lowest BCUT2D eigenvalue weighted by molar-refractivity contribution is 0.168. The van der Waals surface area contributed by atoms with E-state index in [1.54, 1.807) is 0 Å². The van der Waals surface area contributed by atoms with E-state index >= 15 is 0 Å². The van der Waals surface area contributed by atoms with Gasteiger partial charge in [-0.1, -0.05) is 35.5 Å². The molecule has 0 radical (unpaired) electrons. The van der Waals surface area contributed by atoms with E-state index in [1.807, 2.05) is 13.0 Å². The summed E-state index contributed by atoms with van der Waals surface area (Å²) in [5.41, 5.74) is 2.82. The minimum absolute atomic E-state index is 0.370. The lowest BCUT2D eigenvalue weighted by Gasteiger charge is -2.36. The number of benzene rings is 1.